The summed E-state index contributed by atoms with van der Waals surface area (Å²) in [5, 5.41) is 10.7. The van der Waals surface area contributed by atoms with E-state index in [4.69, 9.17) is 0 Å². The molecule has 0 saturated heterocycles. The van der Waals surface area contributed by atoms with Crippen molar-refractivity contribution in [2.45, 2.75) is 20.4 Å². The predicted molar refractivity (Wildman–Crippen MR) is 84.7 cm³/mol. The van der Waals surface area contributed by atoms with E-state index in [0.29, 0.717) is 18.7 Å². The predicted octanol–water partition coefficient (Wildman–Crippen LogP) is 3.57. The molecule has 0 heterocycles. The zero-order valence-corrected chi connectivity index (χ0v) is 12.7. The number of hydrogen-bond acceptors (Lipinski definition) is 3. The number of aryl methyl sites for hydroxylation is 1. The molecule has 0 aliphatic rings. The van der Waals surface area contributed by atoms with E-state index in [2.05, 4.69) is 0 Å². The minimum Gasteiger partial charge on any atom is -0.335 e. The molecule has 1 amide bonds. The van der Waals surface area contributed by atoms with Crippen molar-refractivity contribution in [2.24, 2.45) is 0 Å². The molecule has 5 nitrogen and oxygen atoms in total. The average molecular weight is 298 g/mol. The van der Waals surface area contributed by atoms with E-state index in [1.54, 1.807) is 4.90 Å². The highest BCUT2D eigenvalue weighted by atomic mass is 16.6. The SMILES string of the molecule is CCN(Cc1ccccc1C)C(=O)c1ccc([N+](=O)[O-])cc1. The van der Waals surface area contributed by atoms with Crippen LogP contribution in [-0.4, -0.2) is 22.3 Å². The van der Waals surface area contributed by atoms with Gasteiger partial charge in [0.2, 0.25) is 0 Å². The minimum absolute atomic E-state index is 0.0153. The second kappa shape index (κ2) is 6.85. The van der Waals surface area contributed by atoms with Gasteiger partial charge < -0.3 is 4.90 Å². The summed E-state index contributed by atoms with van der Waals surface area (Å²) in [5.74, 6) is -0.124. The summed E-state index contributed by atoms with van der Waals surface area (Å²) >= 11 is 0. The van der Waals surface area contributed by atoms with Gasteiger partial charge in [-0.2, -0.15) is 0 Å². The van der Waals surface area contributed by atoms with Crippen LogP contribution in [0.15, 0.2) is 48.5 Å². The molecular weight excluding hydrogens is 280 g/mol. The van der Waals surface area contributed by atoms with Gasteiger partial charge in [0, 0.05) is 30.8 Å². The molecule has 5 heteroatoms. The summed E-state index contributed by atoms with van der Waals surface area (Å²) in [7, 11) is 0. The lowest BCUT2D eigenvalue weighted by Gasteiger charge is -2.22. The van der Waals surface area contributed by atoms with E-state index in [1.807, 2.05) is 38.1 Å². The maximum atomic E-state index is 12.5. The molecule has 0 bridgehead atoms. The number of carbonyl (C=O) groups excluding carboxylic acids is 1. The monoisotopic (exact) mass is 298 g/mol. The van der Waals surface area contributed by atoms with Gasteiger partial charge in [0.15, 0.2) is 0 Å². The van der Waals surface area contributed by atoms with Gasteiger partial charge in [-0.15, -0.1) is 0 Å². The largest absolute Gasteiger partial charge is 0.335 e. The van der Waals surface area contributed by atoms with Crippen molar-refractivity contribution >= 4 is 11.6 Å². The van der Waals surface area contributed by atoms with Crippen molar-refractivity contribution in [3.63, 3.8) is 0 Å². The lowest BCUT2D eigenvalue weighted by molar-refractivity contribution is -0.384. The number of benzene rings is 2. The van der Waals surface area contributed by atoms with Crippen LogP contribution in [0.3, 0.4) is 0 Å². The van der Waals surface area contributed by atoms with Crippen LogP contribution in [0, 0.1) is 17.0 Å². The summed E-state index contributed by atoms with van der Waals surface area (Å²) in [4.78, 5) is 24.4. The van der Waals surface area contributed by atoms with Gasteiger partial charge in [-0.3, -0.25) is 14.9 Å². The van der Waals surface area contributed by atoms with Crippen molar-refractivity contribution in [1.82, 2.24) is 4.90 Å². The highest BCUT2D eigenvalue weighted by molar-refractivity contribution is 5.94. The maximum absolute atomic E-state index is 12.5. The summed E-state index contributed by atoms with van der Waals surface area (Å²) in [6.07, 6.45) is 0. The lowest BCUT2D eigenvalue weighted by atomic mass is 10.1. The van der Waals surface area contributed by atoms with Crippen LogP contribution < -0.4 is 0 Å². The Labute approximate surface area is 129 Å². The molecule has 2 aromatic carbocycles. The highest BCUT2D eigenvalue weighted by Gasteiger charge is 2.16. The number of non-ortho nitro benzene ring substituents is 1. The third-order valence-corrected chi connectivity index (χ3v) is 3.62. The van der Waals surface area contributed by atoms with Gasteiger partial charge >= 0.3 is 0 Å². The fourth-order valence-electron chi connectivity index (χ4n) is 2.23. The van der Waals surface area contributed by atoms with Crippen molar-refractivity contribution in [3.8, 4) is 0 Å². The fourth-order valence-corrected chi connectivity index (χ4v) is 2.23. The fraction of sp³-hybridized carbons (Fsp3) is 0.235. The molecule has 2 aromatic rings. The molecule has 0 radical (unpaired) electrons. The van der Waals surface area contributed by atoms with Crippen LogP contribution in [0.5, 0.6) is 0 Å². The van der Waals surface area contributed by atoms with Gasteiger partial charge in [0.25, 0.3) is 11.6 Å². The third-order valence-electron chi connectivity index (χ3n) is 3.62. The molecule has 22 heavy (non-hydrogen) atoms. The molecule has 0 spiro atoms. The summed E-state index contributed by atoms with van der Waals surface area (Å²) < 4.78 is 0. The Bertz CT molecular complexity index is 681. The quantitative estimate of drug-likeness (QED) is 0.626. The van der Waals surface area contributed by atoms with E-state index in [-0.39, 0.29) is 11.6 Å². The first-order valence-electron chi connectivity index (χ1n) is 7.11. The molecule has 0 fully saturated rings. The summed E-state index contributed by atoms with van der Waals surface area (Å²) in [6.45, 7) is 5.03. The molecule has 0 aliphatic carbocycles. The van der Waals surface area contributed by atoms with Crippen LogP contribution in [0.25, 0.3) is 0 Å². The van der Waals surface area contributed by atoms with Gasteiger partial charge in [-0.05, 0) is 37.1 Å². The molecular formula is C17H18N2O3. The second-order valence-corrected chi connectivity index (χ2v) is 5.05. The molecule has 0 unspecified atom stereocenters. The van der Waals surface area contributed by atoms with Crippen molar-refractivity contribution in [2.75, 3.05) is 6.54 Å². The standard InChI is InChI=1S/C17H18N2O3/c1-3-18(12-15-7-5-4-6-13(15)2)17(20)14-8-10-16(11-9-14)19(21)22/h4-11H,3,12H2,1-2H3. The van der Waals surface area contributed by atoms with Crippen LogP contribution in [0.1, 0.15) is 28.4 Å². The molecule has 0 saturated carbocycles. The topological polar surface area (TPSA) is 63.5 Å². The normalized spacial score (nSPS) is 10.3. The van der Waals surface area contributed by atoms with E-state index < -0.39 is 4.92 Å². The van der Waals surface area contributed by atoms with Gasteiger partial charge in [-0.1, -0.05) is 24.3 Å². The van der Waals surface area contributed by atoms with Crippen LogP contribution in [0.2, 0.25) is 0 Å². The van der Waals surface area contributed by atoms with Crippen molar-refractivity contribution in [1.29, 1.82) is 0 Å². The molecule has 0 aliphatic heterocycles. The molecule has 2 rings (SSSR count). The zero-order valence-electron chi connectivity index (χ0n) is 12.7. The molecule has 0 N–H and O–H groups in total. The maximum Gasteiger partial charge on any atom is 0.269 e. The number of nitrogens with zero attached hydrogens (tertiary/aromatic N) is 2. The second-order valence-electron chi connectivity index (χ2n) is 5.05. The summed E-state index contributed by atoms with van der Waals surface area (Å²) in [5.41, 5.74) is 2.68. The molecule has 0 aromatic heterocycles. The van der Waals surface area contributed by atoms with Crippen LogP contribution in [0.4, 0.5) is 5.69 Å². The Morgan fingerprint density at radius 1 is 1.14 bits per heavy atom. The van der Waals surface area contributed by atoms with E-state index >= 15 is 0 Å². The zero-order chi connectivity index (χ0) is 16.1. The molecule has 0 atom stereocenters. The highest BCUT2D eigenvalue weighted by Crippen LogP contribution is 2.16. The first-order chi connectivity index (χ1) is 10.5. The lowest BCUT2D eigenvalue weighted by Crippen LogP contribution is -2.30. The Morgan fingerprint density at radius 2 is 1.77 bits per heavy atom. The molecule has 114 valence electrons. The minimum atomic E-state index is -0.473. The first-order valence-corrected chi connectivity index (χ1v) is 7.11. The number of rotatable bonds is 5. The first kappa shape index (κ1) is 15.7. The van der Waals surface area contributed by atoms with Gasteiger partial charge in [0.05, 0.1) is 4.92 Å². The Balaban J connectivity index is 2.18. The number of nitro groups is 1. The Morgan fingerprint density at radius 3 is 2.32 bits per heavy atom. The number of amides is 1. The van der Waals surface area contributed by atoms with E-state index in [9.17, 15) is 14.9 Å². The smallest absolute Gasteiger partial charge is 0.269 e. The van der Waals surface area contributed by atoms with Crippen LogP contribution >= 0.6 is 0 Å². The van der Waals surface area contributed by atoms with Crippen molar-refractivity contribution in [3.05, 3.63) is 75.3 Å². The third kappa shape index (κ3) is 3.49. The van der Waals surface area contributed by atoms with Gasteiger partial charge in [-0.25, -0.2) is 0 Å². The number of hydrogen-bond donors (Lipinski definition) is 0. The Hall–Kier alpha value is -2.69. The van der Waals surface area contributed by atoms with Crippen LogP contribution in [-0.2, 0) is 6.54 Å². The summed E-state index contributed by atoms with van der Waals surface area (Å²) in [6, 6.07) is 13.6. The Kier molecular flexibility index (Phi) is 4.88. The van der Waals surface area contributed by atoms with E-state index in [1.165, 1.54) is 24.3 Å². The van der Waals surface area contributed by atoms with Crippen molar-refractivity contribution < 1.29 is 9.72 Å². The average Bonchev–Trinajstić information content (AvgIpc) is 2.53. The number of carbonyl (C=O) groups is 1. The van der Waals surface area contributed by atoms with E-state index in [0.717, 1.165) is 11.1 Å². The number of nitro benzene ring substituents is 1. The van der Waals surface area contributed by atoms with Gasteiger partial charge in [0.1, 0.15) is 0 Å².